The van der Waals surface area contributed by atoms with E-state index in [9.17, 15) is 37.4 Å². The molecule has 0 saturated heterocycles. The van der Waals surface area contributed by atoms with E-state index in [0.29, 0.717) is 44.5 Å². The standard InChI is InChI=1S/2C31H33F3O4/c2*1-31(2,3)30(37-4)25-14-18(8-12-21(25)24-15-20(32)11-13-26(24)33)17-38-27-7-5-6-22(29(27)34)23(16-28(35)36)19-9-10-19/h2*5-8,11-15,19,23,30H,9-10,16-17H2,1-4H3,(H,35,36)/t23-,30+;23-,30-/m11/s1. The lowest BCUT2D eigenvalue weighted by Crippen LogP contribution is -2.21. The monoisotopic (exact) mass is 1050 g/mol. The predicted octanol–water partition coefficient (Wildman–Crippen LogP) is 16.1. The predicted molar refractivity (Wildman–Crippen MR) is 279 cm³/mol. The van der Waals surface area contributed by atoms with Crippen molar-refractivity contribution in [3.63, 3.8) is 0 Å². The van der Waals surface area contributed by atoms with E-state index in [1.54, 1.807) is 62.8 Å². The summed E-state index contributed by atoms with van der Waals surface area (Å²) in [6.45, 7) is 12.0. The molecule has 2 aliphatic carbocycles. The third-order valence-electron chi connectivity index (χ3n) is 14.0. The first-order valence-corrected chi connectivity index (χ1v) is 25.5. The van der Waals surface area contributed by atoms with Crippen molar-refractivity contribution in [1.29, 1.82) is 0 Å². The number of benzene rings is 6. The molecule has 0 spiro atoms. The van der Waals surface area contributed by atoms with Gasteiger partial charge in [0.05, 0.1) is 25.0 Å². The average Bonchev–Trinajstić information content (AvgIpc) is 4.30. The summed E-state index contributed by atoms with van der Waals surface area (Å²) in [5, 5.41) is 18.6. The summed E-state index contributed by atoms with van der Waals surface area (Å²) in [5.74, 6) is -5.58. The van der Waals surface area contributed by atoms with Crippen molar-refractivity contribution in [1.82, 2.24) is 0 Å². The van der Waals surface area contributed by atoms with Gasteiger partial charge in [-0.05, 0) is 154 Å². The molecule has 404 valence electrons. The fourth-order valence-electron chi connectivity index (χ4n) is 10.2. The van der Waals surface area contributed by atoms with E-state index in [-0.39, 0.29) is 71.3 Å². The number of rotatable bonds is 20. The summed E-state index contributed by atoms with van der Waals surface area (Å²) in [4.78, 5) is 22.7. The highest BCUT2D eigenvalue weighted by molar-refractivity contribution is 5.71. The molecule has 6 aromatic rings. The lowest BCUT2D eigenvalue weighted by atomic mass is 9.81. The number of ether oxygens (including phenoxy) is 4. The summed E-state index contributed by atoms with van der Waals surface area (Å²) in [7, 11) is 3.14. The second-order valence-electron chi connectivity index (χ2n) is 22.0. The molecule has 0 radical (unpaired) electrons. The van der Waals surface area contributed by atoms with E-state index in [1.807, 2.05) is 53.7 Å². The molecule has 0 aromatic heterocycles. The van der Waals surface area contributed by atoms with Crippen LogP contribution in [0.3, 0.4) is 0 Å². The van der Waals surface area contributed by atoms with Gasteiger partial charge in [-0.2, -0.15) is 0 Å². The Morgan fingerprint density at radius 1 is 0.500 bits per heavy atom. The van der Waals surface area contributed by atoms with Crippen molar-refractivity contribution in [2.45, 2.75) is 117 Å². The van der Waals surface area contributed by atoms with Gasteiger partial charge in [0, 0.05) is 37.2 Å². The molecule has 0 unspecified atom stereocenters. The minimum absolute atomic E-state index is 0.0207. The molecule has 14 heteroatoms. The number of methoxy groups -OCH3 is 2. The van der Waals surface area contributed by atoms with Crippen LogP contribution in [0.15, 0.2) is 109 Å². The fraction of sp³-hybridized carbons (Fsp3) is 0.387. The molecule has 0 aliphatic heterocycles. The number of hydrogen-bond donors (Lipinski definition) is 2. The van der Waals surface area contributed by atoms with Crippen LogP contribution in [-0.2, 0) is 32.3 Å². The molecule has 0 heterocycles. The van der Waals surface area contributed by atoms with E-state index in [1.165, 1.54) is 12.1 Å². The Labute approximate surface area is 441 Å². The molecule has 2 saturated carbocycles. The zero-order valence-corrected chi connectivity index (χ0v) is 44.1. The van der Waals surface area contributed by atoms with Crippen LogP contribution in [0.25, 0.3) is 22.3 Å². The van der Waals surface area contributed by atoms with Crippen molar-refractivity contribution < 1.29 is 65.1 Å². The SMILES string of the molecule is CO[C@@H](c1cc(COc2cccc([C@H](CC(=O)O)C3CC3)c2F)ccc1-c1cc(F)ccc1F)C(C)(C)C.CO[C@H](c1cc(COc2cccc([C@H](CC(=O)O)C3CC3)c2F)ccc1-c1cc(F)ccc1F)C(C)(C)C. The van der Waals surface area contributed by atoms with Gasteiger partial charge in [0.1, 0.15) is 36.5 Å². The number of carboxylic acids is 2. The molecule has 0 bridgehead atoms. The smallest absolute Gasteiger partial charge is 0.303 e. The maximum absolute atomic E-state index is 15.4. The van der Waals surface area contributed by atoms with Crippen molar-refractivity contribution in [3.8, 4) is 33.8 Å². The first-order valence-electron chi connectivity index (χ1n) is 25.5. The van der Waals surface area contributed by atoms with Gasteiger partial charge in [0.2, 0.25) is 0 Å². The summed E-state index contributed by atoms with van der Waals surface area (Å²) in [6, 6.07) is 26.8. The van der Waals surface area contributed by atoms with Crippen LogP contribution in [0.4, 0.5) is 26.3 Å². The zero-order chi connectivity index (χ0) is 55.2. The molecular weight excluding hydrogens is 987 g/mol. The third kappa shape index (κ3) is 14.0. The second-order valence-corrected chi connectivity index (χ2v) is 22.0. The van der Waals surface area contributed by atoms with E-state index < -0.39 is 70.9 Å². The van der Waals surface area contributed by atoms with Gasteiger partial charge in [-0.1, -0.05) is 90.1 Å². The van der Waals surface area contributed by atoms with E-state index in [4.69, 9.17) is 18.9 Å². The van der Waals surface area contributed by atoms with E-state index in [0.717, 1.165) is 62.1 Å². The molecule has 8 nitrogen and oxygen atoms in total. The molecular formula is C62H66F6O8. The van der Waals surface area contributed by atoms with Gasteiger partial charge in [0.25, 0.3) is 0 Å². The lowest BCUT2D eigenvalue weighted by Gasteiger charge is -2.32. The largest absolute Gasteiger partial charge is 0.486 e. The molecule has 2 fully saturated rings. The number of carboxylic acid groups (broad SMARTS) is 2. The Hall–Kier alpha value is -6.64. The Bertz CT molecular complexity index is 2820. The number of aliphatic carboxylic acids is 2. The average molecular weight is 1050 g/mol. The van der Waals surface area contributed by atoms with E-state index in [2.05, 4.69) is 0 Å². The van der Waals surface area contributed by atoms with Crippen molar-refractivity contribution in [2.75, 3.05) is 14.2 Å². The minimum atomic E-state index is -0.957. The van der Waals surface area contributed by atoms with Crippen molar-refractivity contribution in [2.24, 2.45) is 22.7 Å². The summed E-state index contributed by atoms with van der Waals surface area (Å²) >= 11 is 0. The van der Waals surface area contributed by atoms with Gasteiger partial charge < -0.3 is 29.2 Å². The molecule has 8 rings (SSSR count). The van der Waals surface area contributed by atoms with Gasteiger partial charge in [-0.3, -0.25) is 9.59 Å². The fourth-order valence-corrected chi connectivity index (χ4v) is 10.2. The summed E-state index contributed by atoms with van der Waals surface area (Å²) in [6.07, 6.45) is 2.40. The first kappa shape index (κ1) is 57.1. The van der Waals surface area contributed by atoms with Gasteiger partial charge in [-0.25, -0.2) is 26.3 Å². The Balaban J connectivity index is 0.000000221. The minimum Gasteiger partial charge on any atom is -0.486 e. The number of hydrogen-bond acceptors (Lipinski definition) is 6. The number of halogens is 6. The van der Waals surface area contributed by atoms with Gasteiger partial charge >= 0.3 is 11.9 Å². The van der Waals surface area contributed by atoms with Crippen LogP contribution in [0.2, 0.25) is 0 Å². The highest BCUT2D eigenvalue weighted by Crippen LogP contribution is 2.48. The van der Waals surface area contributed by atoms with Crippen LogP contribution < -0.4 is 9.47 Å². The van der Waals surface area contributed by atoms with Gasteiger partial charge in [0.15, 0.2) is 23.1 Å². The van der Waals surface area contributed by atoms with Crippen LogP contribution in [0.1, 0.15) is 137 Å². The zero-order valence-electron chi connectivity index (χ0n) is 44.1. The van der Waals surface area contributed by atoms with Gasteiger partial charge in [-0.15, -0.1) is 0 Å². The van der Waals surface area contributed by atoms with Crippen molar-refractivity contribution in [3.05, 3.63) is 177 Å². The highest BCUT2D eigenvalue weighted by Gasteiger charge is 2.38. The summed E-state index contributed by atoms with van der Waals surface area (Å²) < 4.78 is 112. The first-order chi connectivity index (χ1) is 36.0. The molecule has 2 aliphatic rings. The highest BCUT2D eigenvalue weighted by atomic mass is 19.1. The quantitative estimate of drug-likeness (QED) is 0.0728. The topological polar surface area (TPSA) is 112 Å². The van der Waals surface area contributed by atoms with Crippen LogP contribution in [0, 0.1) is 57.6 Å². The molecule has 76 heavy (non-hydrogen) atoms. The molecule has 4 atom stereocenters. The van der Waals surface area contributed by atoms with Crippen LogP contribution in [0.5, 0.6) is 11.5 Å². The Morgan fingerprint density at radius 2 is 0.868 bits per heavy atom. The normalized spacial score (nSPS) is 15.2. The van der Waals surface area contributed by atoms with Crippen molar-refractivity contribution >= 4 is 11.9 Å². The van der Waals surface area contributed by atoms with Crippen LogP contribution in [-0.4, -0.2) is 36.4 Å². The molecule has 0 amide bonds. The maximum atomic E-state index is 15.4. The maximum Gasteiger partial charge on any atom is 0.303 e. The van der Waals surface area contributed by atoms with Crippen LogP contribution >= 0.6 is 0 Å². The summed E-state index contributed by atoms with van der Waals surface area (Å²) in [5.41, 5.74) is 3.96. The van der Waals surface area contributed by atoms with E-state index >= 15 is 8.78 Å². The lowest BCUT2D eigenvalue weighted by molar-refractivity contribution is -0.138. The number of carbonyl (C=O) groups is 2. The second kappa shape index (κ2) is 24.1. The Kier molecular flexibility index (Phi) is 18.1. The Morgan fingerprint density at radius 3 is 1.18 bits per heavy atom. The third-order valence-corrected chi connectivity index (χ3v) is 14.0. The molecule has 6 aromatic carbocycles. The molecule has 2 N–H and O–H groups in total.